The van der Waals surface area contributed by atoms with Crippen LogP contribution in [0.25, 0.3) is 0 Å². The maximum Gasteiger partial charge on any atom is 0.0967 e. The molecule has 1 aromatic rings. The van der Waals surface area contributed by atoms with E-state index in [1.165, 1.54) is 77.5 Å². The predicted molar refractivity (Wildman–Crippen MR) is 110 cm³/mol. The minimum atomic E-state index is 0.519. The van der Waals surface area contributed by atoms with E-state index < -0.39 is 0 Å². The molecule has 156 valence electrons. The molecular formula is C21H37N7. The molecule has 4 fully saturated rings. The summed E-state index contributed by atoms with van der Waals surface area (Å²) in [5, 5.41) is 9.03. The monoisotopic (exact) mass is 387 g/mol. The number of hydrogen-bond acceptors (Lipinski definition) is 6. The zero-order valence-electron chi connectivity index (χ0n) is 17.4. The van der Waals surface area contributed by atoms with Gasteiger partial charge in [0.05, 0.1) is 17.9 Å². The van der Waals surface area contributed by atoms with Crippen molar-refractivity contribution >= 4 is 0 Å². The summed E-state index contributed by atoms with van der Waals surface area (Å²) in [5.41, 5.74) is 8.57. The van der Waals surface area contributed by atoms with Gasteiger partial charge in [0.15, 0.2) is 0 Å². The molecule has 2 N–H and O–H groups in total. The van der Waals surface area contributed by atoms with Crippen molar-refractivity contribution < 1.29 is 0 Å². The third-order valence-corrected chi connectivity index (χ3v) is 7.71. The summed E-state index contributed by atoms with van der Waals surface area (Å²) in [6.07, 6.45) is 13.0. The van der Waals surface area contributed by atoms with Crippen LogP contribution < -0.4 is 10.9 Å². The number of hydrogen-bond donors (Lipinski definition) is 2. The van der Waals surface area contributed by atoms with Crippen molar-refractivity contribution in [3.63, 3.8) is 0 Å². The summed E-state index contributed by atoms with van der Waals surface area (Å²) in [6, 6.07) is 1.70. The Labute approximate surface area is 169 Å². The zero-order chi connectivity index (χ0) is 19.0. The molecule has 7 nitrogen and oxygen atoms in total. The molecule has 1 aliphatic carbocycles. The first-order valence-corrected chi connectivity index (χ1v) is 11.5. The van der Waals surface area contributed by atoms with Crippen LogP contribution in [0.1, 0.15) is 70.0 Å². The van der Waals surface area contributed by atoms with Crippen molar-refractivity contribution in [3.05, 3.63) is 11.9 Å². The number of piperidine rings is 1. The molecule has 0 aromatic carbocycles. The molecule has 0 amide bonds. The van der Waals surface area contributed by atoms with Crippen molar-refractivity contribution in [2.75, 3.05) is 32.7 Å². The fourth-order valence-corrected chi connectivity index (χ4v) is 6.09. The molecule has 4 heterocycles. The van der Waals surface area contributed by atoms with Gasteiger partial charge in [0.25, 0.3) is 0 Å². The molecule has 1 saturated carbocycles. The minimum Gasteiger partial charge on any atom is -0.302 e. The highest BCUT2D eigenvalue weighted by atomic mass is 15.4. The smallest absolute Gasteiger partial charge is 0.0967 e. The second-order valence-corrected chi connectivity index (χ2v) is 10.0. The molecule has 0 bridgehead atoms. The van der Waals surface area contributed by atoms with Gasteiger partial charge in [0.1, 0.15) is 0 Å². The first-order chi connectivity index (χ1) is 13.7. The van der Waals surface area contributed by atoms with Crippen LogP contribution in [0.2, 0.25) is 0 Å². The van der Waals surface area contributed by atoms with E-state index in [4.69, 9.17) is 0 Å². The quantitative estimate of drug-likeness (QED) is 0.805. The second-order valence-electron chi connectivity index (χ2n) is 10.0. The van der Waals surface area contributed by atoms with Crippen molar-refractivity contribution in [2.45, 2.75) is 83.0 Å². The molecule has 1 spiro atoms. The molecule has 5 rings (SSSR count). The number of likely N-dealkylation sites (tertiary alicyclic amines) is 2. The lowest BCUT2D eigenvalue weighted by atomic mass is 9.86. The van der Waals surface area contributed by atoms with Crippen LogP contribution in [0.4, 0.5) is 0 Å². The van der Waals surface area contributed by atoms with Crippen LogP contribution in [0.15, 0.2) is 6.20 Å². The van der Waals surface area contributed by atoms with Gasteiger partial charge in [-0.05, 0) is 57.4 Å². The highest BCUT2D eigenvalue weighted by molar-refractivity contribution is 4.99. The third kappa shape index (κ3) is 4.13. The van der Waals surface area contributed by atoms with Crippen molar-refractivity contribution in [3.8, 4) is 0 Å². The number of rotatable bonds is 5. The minimum absolute atomic E-state index is 0.519. The van der Waals surface area contributed by atoms with Crippen LogP contribution >= 0.6 is 0 Å². The van der Waals surface area contributed by atoms with Crippen LogP contribution in [-0.4, -0.2) is 69.6 Å². The predicted octanol–water partition coefficient (Wildman–Crippen LogP) is 1.94. The largest absolute Gasteiger partial charge is 0.302 e. The maximum absolute atomic E-state index is 4.52. The fourth-order valence-electron chi connectivity index (χ4n) is 6.09. The van der Waals surface area contributed by atoms with Crippen molar-refractivity contribution in [2.24, 2.45) is 5.41 Å². The Kier molecular flexibility index (Phi) is 5.43. The number of nitrogens with one attached hydrogen (secondary N) is 2. The molecule has 3 aliphatic heterocycles. The summed E-state index contributed by atoms with van der Waals surface area (Å²) in [7, 11) is 0. The van der Waals surface area contributed by atoms with E-state index in [2.05, 4.69) is 48.8 Å². The van der Waals surface area contributed by atoms with Crippen LogP contribution in [0, 0.1) is 5.41 Å². The van der Waals surface area contributed by atoms with E-state index in [-0.39, 0.29) is 0 Å². The Hall–Kier alpha value is -1.02. The standard InChI is InChI=1S/C21H37N7/c1-17-12-18(23-22-17)13-26-9-4-20(5-10-26)28-15-19(24-25-28)14-27-11-8-21(16-27)6-2-3-7-21/h15,17-18,20,22-23H,2-14,16H2,1H3. The molecule has 3 saturated heterocycles. The normalized spacial score (nSPS) is 32.0. The van der Waals surface area contributed by atoms with Gasteiger partial charge in [0.2, 0.25) is 0 Å². The average molecular weight is 388 g/mol. The van der Waals surface area contributed by atoms with Gasteiger partial charge in [-0.2, -0.15) is 0 Å². The van der Waals surface area contributed by atoms with E-state index in [1.807, 2.05) is 0 Å². The van der Waals surface area contributed by atoms with Gasteiger partial charge in [0, 0.05) is 44.8 Å². The van der Waals surface area contributed by atoms with E-state index in [9.17, 15) is 0 Å². The summed E-state index contributed by atoms with van der Waals surface area (Å²) in [5.74, 6) is 0. The Bertz CT molecular complexity index is 645. The average Bonchev–Trinajstić information content (AvgIpc) is 3.48. The maximum atomic E-state index is 4.52. The lowest BCUT2D eigenvalue weighted by Gasteiger charge is -2.33. The highest BCUT2D eigenvalue weighted by Gasteiger charge is 2.40. The van der Waals surface area contributed by atoms with E-state index in [0.29, 0.717) is 23.5 Å². The topological polar surface area (TPSA) is 61.2 Å². The Morgan fingerprint density at radius 3 is 2.64 bits per heavy atom. The molecular weight excluding hydrogens is 350 g/mol. The SMILES string of the molecule is CC1CC(CN2CCC(n3cc(CN4CCC5(CCCC5)C4)nn3)CC2)NN1. The summed E-state index contributed by atoms with van der Waals surface area (Å²) in [4.78, 5) is 5.23. The second kappa shape index (κ2) is 8.01. The first-order valence-electron chi connectivity index (χ1n) is 11.5. The summed E-state index contributed by atoms with van der Waals surface area (Å²) >= 11 is 0. The van der Waals surface area contributed by atoms with Gasteiger partial charge in [-0.25, -0.2) is 4.68 Å². The zero-order valence-corrected chi connectivity index (χ0v) is 17.4. The van der Waals surface area contributed by atoms with E-state index >= 15 is 0 Å². The molecule has 7 heteroatoms. The van der Waals surface area contributed by atoms with Crippen molar-refractivity contribution in [1.29, 1.82) is 0 Å². The van der Waals surface area contributed by atoms with E-state index in [1.54, 1.807) is 0 Å². The summed E-state index contributed by atoms with van der Waals surface area (Å²) < 4.78 is 2.16. The third-order valence-electron chi connectivity index (χ3n) is 7.71. The van der Waals surface area contributed by atoms with Crippen molar-refractivity contribution in [1.82, 2.24) is 35.6 Å². The van der Waals surface area contributed by atoms with Crippen LogP contribution in [0.5, 0.6) is 0 Å². The van der Waals surface area contributed by atoms with Crippen LogP contribution in [0.3, 0.4) is 0 Å². The number of aromatic nitrogens is 3. The van der Waals surface area contributed by atoms with E-state index in [0.717, 1.165) is 18.8 Å². The Morgan fingerprint density at radius 1 is 1.07 bits per heavy atom. The number of hydrazine groups is 1. The first kappa shape index (κ1) is 19.0. The van der Waals surface area contributed by atoms with Crippen LogP contribution in [-0.2, 0) is 6.54 Å². The highest BCUT2D eigenvalue weighted by Crippen LogP contribution is 2.45. The van der Waals surface area contributed by atoms with Gasteiger partial charge in [-0.3, -0.25) is 15.8 Å². The molecule has 2 unspecified atom stereocenters. The molecule has 0 radical (unpaired) electrons. The van der Waals surface area contributed by atoms with Gasteiger partial charge < -0.3 is 4.90 Å². The molecule has 1 aromatic heterocycles. The lowest BCUT2D eigenvalue weighted by Crippen LogP contribution is -2.44. The number of nitrogens with zero attached hydrogens (tertiary/aromatic N) is 5. The Balaban J connectivity index is 1.09. The lowest BCUT2D eigenvalue weighted by molar-refractivity contribution is 0.166. The fraction of sp³-hybridized carbons (Fsp3) is 0.905. The van der Waals surface area contributed by atoms with Gasteiger partial charge in [-0.1, -0.05) is 18.1 Å². The van der Waals surface area contributed by atoms with Gasteiger partial charge in [-0.15, -0.1) is 5.10 Å². The Morgan fingerprint density at radius 2 is 1.89 bits per heavy atom. The molecule has 28 heavy (non-hydrogen) atoms. The summed E-state index contributed by atoms with van der Waals surface area (Å²) in [6.45, 7) is 9.25. The molecule has 2 atom stereocenters. The van der Waals surface area contributed by atoms with Gasteiger partial charge >= 0.3 is 0 Å². The molecule has 4 aliphatic rings.